The number of ether oxygens (including phenoxy) is 2. The summed E-state index contributed by atoms with van der Waals surface area (Å²) in [5.74, 6) is 0. The van der Waals surface area contributed by atoms with Crippen molar-refractivity contribution >= 4 is 0 Å². The summed E-state index contributed by atoms with van der Waals surface area (Å²) in [7, 11) is 0. The van der Waals surface area contributed by atoms with Gasteiger partial charge in [-0.15, -0.1) is 0 Å². The second kappa shape index (κ2) is 6.32. The summed E-state index contributed by atoms with van der Waals surface area (Å²) in [6.07, 6.45) is 4.18. The molecule has 4 N–H and O–H groups in total. The third-order valence-electron chi connectivity index (χ3n) is 2.23. The molecular weight excluding hydrogens is 168 g/mol. The highest BCUT2D eigenvalue weighted by Crippen LogP contribution is 2.13. The fourth-order valence-corrected chi connectivity index (χ4v) is 1.31. The van der Waals surface area contributed by atoms with E-state index in [0.29, 0.717) is 13.2 Å². The van der Waals surface area contributed by atoms with Gasteiger partial charge in [0.05, 0.1) is 6.61 Å². The maximum Gasteiger partial charge on any atom is 0.157 e. The first-order valence-corrected chi connectivity index (χ1v) is 5.02. The van der Waals surface area contributed by atoms with Crippen molar-refractivity contribution in [3.05, 3.63) is 0 Å². The smallest absolute Gasteiger partial charge is 0.157 e. The van der Waals surface area contributed by atoms with Crippen LogP contribution in [0.1, 0.15) is 25.7 Å². The van der Waals surface area contributed by atoms with E-state index in [0.717, 1.165) is 25.9 Å². The molecule has 0 spiro atoms. The largest absolute Gasteiger partial charge is 0.353 e. The standard InChI is InChI=1S/C9H20N2O2/c10-7-8(11)4-6-13-9-3-1-2-5-12-9/h8-9H,1-7,10-11H2. The van der Waals surface area contributed by atoms with Crippen molar-refractivity contribution in [2.24, 2.45) is 11.5 Å². The lowest BCUT2D eigenvalue weighted by Crippen LogP contribution is -2.32. The van der Waals surface area contributed by atoms with Crippen molar-refractivity contribution in [2.75, 3.05) is 19.8 Å². The average molecular weight is 188 g/mol. The van der Waals surface area contributed by atoms with Crippen molar-refractivity contribution in [1.82, 2.24) is 0 Å². The number of nitrogens with two attached hydrogens (primary N) is 2. The molecule has 4 nitrogen and oxygen atoms in total. The summed E-state index contributed by atoms with van der Waals surface area (Å²) in [6.45, 7) is 2.01. The molecule has 0 radical (unpaired) electrons. The third kappa shape index (κ3) is 4.57. The molecule has 1 heterocycles. The predicted molar refractivity (Wildman–Crippen MR) is 51.2 cm³/mol. The SMILES string of the molecule is NCC(N)CCOC1CCCCO1. The molecule has 78 valence electrons. The molecule has 0 aliphatic carbocycles. The van der Waals surface area contributed by atoms with Gasteiger partial charge in [-0.3, -0.25) is 0 Å². The Balaban J connectivity index is 1.98. The van der Waals surface area contributed by atoms with Crippen LogP contribution in [0.4, 0.5) is 0 Å². The lowest BCUT2D eigenvalue weighted by Gasteiger charge is -2.23. The zero-order chi connectivity index (χ0) is 9.52. The van der Waals surface area contributed by atoms with Gasteiger partial charge in [-0.05, 0) is 25.7 Å². The van der Waals surface area contributed by atoms with Crippen LogP contribution in [0, 0.1) is 0 Å². The molecule has 13 heavy (non-hydrogen) atoms. The van der Waals surface area contributed by atoms with Gasteiger partial charge in [0.1, 0.15) is 0 Å². The van der Waals surface area contributed by atoms with Crippen LogP contribution in [0.25, 0.3) is 0 Å². The van der Waals surface area contributed by atoms with Crippen molar-refractivity contribution in [2.45, 2.75) is 38.0 Å². The zero-order valence-corrected chi connectivity index (χ0v) is 8.08. The molecule has 1 saturated heterocycles. The van der Waals surface area contributed by atoms with E-state index in [4.69, 9.17) is 20.9 Å². The van der Waals surface area contributed by atoms with Crippen LogP contribution in [-0.2, 0) is 9.47 Å². The maximum absolute atomic E-state index is 5.64. The summed E-state index contributed by atoms with van der Waals surface area (Å²) < 4.78 is 10.9. The fraction of sp³-hybridized carbons (Fsp3) is 1.00. The van der Waals surface area contributed by atoms with Crippen LogP contribution in [0.15, 0.2) is 0 Å². The van der Waals surface area contributed by atoms with Gasteiger partial charge in [0.2, 0.25) is 0 Å². The summed E-state index contributed by atoms with van der Waals surface area (Å²) >= 11 is 0. The van der Waals surface area contributed by atoms with E-state index >= 15 is 0 Å². The monoisotopic (exact) mass is 188 g/mol. The Morgan fingerprint density at radius 3 is 2.92 bits per heavy atom. The summed E-state index contributed by atoms with van der Waals surface area (Å²) in [4.78, 5) is 0. The highest BCUT2D eigenvalue weighted by atomic mass is 16.7. The molecule has 2 atom stereocenters. The quantitative estimate of drug-likeness (QED) is 0.647. The predicted octanol–water partition coefficient (Wildman–Crippen LogP) is 0.206. The van der Waals surface area contributed by atoms with Gasteiger partial charge in [-0.1, -0.05) is 0 Å². The van der Waals surface area contributed by atoms with Gasteiger partial charge in [0, 0.05) is 19.2 Å². The van der Waals surface area contributed by atoms with Gasteiger partial charge in [0.25, 0.3) is 0 Å². The molecular formula is C9H20N2O2. The van der Waals surface area contributed by atoms with Crippen LogP contribution in [0.5, 0.6) is 0 Å². The van der Waals surface area contributed by atoms with E-state index in [1.54, 1.807) is 0 Å². The number of hydrogen-bond acceptors (Lipinski definition) is 4. The van der Waals surface area contributed by atoms with E-state index < -0.39 is 0 Å². The van der Waals surface area contributed by atoms with Gasteiger partial charge < -0.3 is 20.9 Å². The van der Waals surface area contributed by atoms with Crippen LogP contribution < -0.4 is 11.5 Å². The Kier molecular flexibility index (Phi) is 5.31. The van der Waals surface area contributed by atoms with E-state index in [1.165, 1.54) is 6.42 Å². The molecule has 0 amide bonds. The number of rotatable bonds is 5. The molecule has 0 aromatic heterocycles. The fourth-order valence-electron chi connectivity index (χ4n) is 1.31. The third-order valence-corrected chi connectivity index (χ3v) is 2.23. The average Bonchev–Trinajstić information content (AvgIpc) is 2.19. The first-order chi connectivity index (χ1) is 6.33. The van der Waals surface area contributed by atoms with Crippen molar-refractivity contribution in [3.8, 4) is 0 Å². The Hall–Kier alpha value is -0.160. The molecule has 1 aliphatic heterocycles. The van der Waals surface area contributed by atoms with Gasteiger partial charge in [0.15, 0.2) is 6.29 Å². The van der Waals surface area contributed by atoms with Crippen LogP contribution in [0.3, 0.4) is 0 Å². The van der Waals surface area contributed by atoms with Crippen LogP contribution >= 0.6 is 0 Å². The van der Waals surface area contributed by atoms with E-state index in [1.807, 2.05) is 0 Å². The minimum absolute atomic E-state index is 0.00118. The second-order valence-electron chi connectivity index (χ2n) is 3.45. The van der Waals surface area contributed by atoms with Crippen molar-refractivity contribution in [3.63, 3.8) is 0 Å². The molecule has 0 aromatic rings. The van der Waals surface area contributed by atoms with E-state index in [2.05, 4.69) is 0 Å². The Morgan fingerprint density at radius 1 is 1.46 bits per heavy atom. The first kappa shape index (κ1) is 10.9. The van der Waals surface area contributed by atoms with Gasteiger partial charge >= 0.3 is 0 Å². The molecule has 1 fully saturated rings. The summed E-state index contributed by atoms with van der Waals surface area (Å²) in [5.41, 5.74) is 11.0. The second-order valence-corrected chi connectivity index (χ2v) is 3.45. The molecule has 1 rings (SSSR count). The Labute approximate surface area is 79.6 Å². The zero-order valence-electron chi connectivity index (χ0n) is 8.08. The normalized spacial score (nSPS) is 25.8. The van der Waals surface area contributed by atoms with Crippen LogP contribution in [-0.4, -0.2) is 32.1 Å². The molecule has 0 aromatic carbocycles. The highest BCUT2D eigenvalue weighted by molar-refractivity contribution is 4.61. The Bertz CT molecular complexity index is 127. The Morgan fingerprint density at radius 2 is 2.31 bits per heavy atom. The first-order valence-electron chi connectivity index (χ1n) is 5.02. The molecule has 0 saturated carbocycles. The summed E-state index contributed by atoms with van der Waals surface area (Å²) in [5, 5.41) is 0. The van der Waals surface area contributed by atoms with E-state index in [-0.39, 0.29) is 12.3 Å². The van der Waals surface area contributed by atoms with Gasteiger partial charge in [-0.2, -0.15) is 0 Å². The summed E-state index contributed by atoms with van der Waals surface area (Å²) in [6, 6.07) is 0.0589. The maximum atomic E-state index is 5.64. The topological polar surface area (TPSA) is 70.5 Å². The minimum Gasteiger partial charge on any atom is -0.353 e. The van der Waals surface area contributed by atoms with Crippen molar-refractivity contribution in [1.29, 1.82) is 0 Å². The van der Waals surface area contributed by atoms with Crippen molar-refractivity contribution < 1.29 is 9.47 Å². The highest BCUT2D eigenvalue weighted by Gasteiger charge is 2.13. The van der Waals surface area contributed by atoms with Crippen LogP contribution in [0.2, 0.25) is 0 Å². The lowest BCUT2D eigenvalue weighted by atomic mass is 10.2. The number of hydrogen-bond donors (Lipinski definition) is 2. The molecule has 2 unspecified atom stereocenters. The lowest BCUT2D eigenvalue weighted by molar-refractivity contribution is -0.163. The van der Waals surface area contributed by atoms with Gasteiger partial charge in [-0.25, -0.2) is 0 Å². The van der Waals surface area contributed by atoms with E-state index in [9.17, 15) is 0 Å². The molecule has 1 aliphatic rings. The molecule has 0 bridgehead atoms. The molecule has 4 heteroatoms. The minimum atomic E-state index is -0.00118.